The first kappa shape index (κ1) is 15.1. The molecule has 2 aliphatic rings. The van der Waals surface area contributed by atoms with Crippen LogP contribution in [0.1, 0.15) is 58.2 Å². The fourth-order valence-electron chi connectivity index (χ4n) is 3.48. The van der Waals surface area contributed by atoms with Crippen molar-refractivity contribution in [1.29, 1.82) is 0 Å². The molecule has 1 aromatic rings. The van der Waals surface area contributed by atoms with Crippen LogP contribution in [0.3, 0.4) is 0 Å². The Kier molecular flexibility index (Phi) is 3.14. The first-order valence-electron chi connectivity index (χ1n) is 7.99. The molecule has 2 nitrogen and oxygen atoms in total. The highest BCUT2D eigenvalue weighted by atomic mass is 16.7. The van der Waals surface area contributed by atoms with Crippen molar-refractivity contribution in [3.05, 3.63) is 28.8 Å². The molecule has 0 spiro atoms. The van der Waals surface area contributed by atoms with Crippen LogP contribution in [-0.2, 0) is 22.2 Å². The number of aryl methyl sites for hydroxylation is 1. The molecular weight excluding hydrogens is 259 g/mol. The molecule has 1 aliphatic carbocycles. The van der Waals surface area contributed by atoms with Crippen LogP contribution in [0.25, 0.3) is 0 Å². The summed E-state index contributed by atoms with van der Waals surface area (Å²) in [5, 5.41) is 0. The van der Waals surface area contributed by atoms with Crippen molar-refractivity contribution in [2.24, 2.45) is 5.41 Å². The number of hydrogen-bond donors (Lipinski definition) is 0. The predicted octanol–water partition coefficient (Wildman–Crippen LogP) is 3.42. The van der Waals surface area contributed by atoms with Gasteiger partial charge in [-0.1, -0.05) is 31.5 Å². The average molecular weight is 286 g/mol. The molecule has 3 heteroatoms. The van der Waals surface area contributed by atoms with E-state index < -0.39 is 0 Å². The average Bonchev–Trinajstić information content (AvgIpc) is 2.69. The summed E-state index contributed by atoms with van der Waals surface area (Å²) in [7, 11) is -0.246. The molecule has 21 heavy (non-hydrogen) atoms. The summed E-state index contributed by atoms with van der Waals surface area (Å²) in [5.74, 6) is 0. The summed E-state index contributed by atoms with van der Waals surface area (Å²) < 4.78 is 12.4. The molecule has 114 valence electrons. The van der Waals surface area contributed by atoms with Crippen LogP contribution in [0.5, 0.6) is 0 Å². The maximum Gasteiger partial charge on any atom is 0.495 e. The Morgan fingerprint density at radius 1 is 0.857 bits per heavy atom. The second kappa shape index (κ2) is 4.36. The molecule has 1 saturated heterocycles. The molecule has 0 unspecified atom stereocenters. The van der Waals surface area contributed by atoms with Gasteiger partial charge in [0.2, 0.25) is 0 Å². The van der Waals surface area contributed by atoms with Gasteiger partial charge in [-0.2, -0.15) is 0 Å². The molecule has 0 radical (unpaired) electrons. The first-order valence-corrected chi connectivity index (χ1v) is 7.99. The van der Waals surface area contributed by atoms with Gasteiger partial charge in [0.25, 0.3) is 0 Å². The van der Waals surface area contributed by atoms with Gasteiger partial charge in [0.1, 0.15) is 0 Å². The predicted molar refractivity (Wildman–Crippen MR) is 88.1 cm³/mol. The number of hydrogen-bond acceptors (Lipinski definition) is 2. The zero-order valence-electron chi connectivity index (χ0n) is 14.5. The van der Waals surface area contributed by atoms with Crippen molar-refractivity contribution < 1.29 is 9.31 Å². The van der Waals surface area contributed by atoms with E-state index >= 15 is 0 Å². The van der Waals surface area contributed by atoms with E-state index in [1.54, 1.807) is 0 Å². The monoisotopic (exact) mass is 286 g/mol. The second-order valence-electron chi connectivity index (χ2n) is 8.58. The lowest BCUT2D eigenvalue weighted by molar-refractivity contribution is 0.00578. The van der Waals surface area contributed by atoms with Crippen molar-refractivity contribution in [3.63, 3.8) is 0 Å². The minimum absolute atomic E-state index is 0.246. The summed E-state index contributed by atoms with van der Waals surface area (Å²) in [4.78, 5) is 0. The van der Waals surface area contributed by atoms with Crippen molar-refractivity contribution in [3.8, 4) is 0 Å². The van der Waals surface area contributed by atoms with Gasteiger partial charge in [-0.15, -0.1) is 0 Å². The minimum Gasteiger partial charge on any atom is -0.399 e. The van der Waals surface area contributed by atoms with Crippen LogP contribution in [0.4, 0.5) is 0 Å². The van der Waals surface area contributed by atoms with Gasteiger partial charge >= 0.3 is 7.12 Å². The van der Waals surface area contributed by atoms with E-state index in [9.17, 15) is 0 Å². The topological polar surface area (TPSA) is 18.5 Å². The van der Waals surface area contributed by atoms with Crippen LogP contribution in [-0.4, -0.2) is 18.3 Å². The van der Waals surface area contributed by atoms with Crippen molar-refractivity contribution in [1.82, 2.24) is 0 Å². The second-order valence-corrected chi connectivity index (χ2v) is 8.58. The first-order chi connectivity index (χ1) is 9.51. The fraction of sp³-hybridized carbons (Fsp3) is 0.667. The van der Waals surface area contributed by atoms with E-state index in [4.69, 9.17) is 9.31 Å². The largest absolute Gasteiger partial charge is 0.495 e. The third kappa shape index (κ3) is 2.45. The van der Waals surface area contributed by atoms with Gasteiger partial charge in [0.05, 0.1) is 11.2 Å². The van der Waals surface area contributed by atoms with E-state index in [-0.39, 0.29) is 18.3 Å². The van der Waals surface area contributed by atoms with Gasteiger partial charge < -0.3 is 9.31 Å². The van der Waals surface area contributed by atoms with Gasteiger partial charge in [0.15, 0.2) is 0 Å². The zero-order chi connectivity index (χ0) is 15.6. The summed E-state index contributed by atoms with van der Waals surface area (Å²) in [6, 6.07) is 4.66. The molecule has 1 aromatic carbocycles. The summed E-state index contributed by atoms with van der Waals surface area (Å²) in [5.41, 5.74) is 5.27. The van der Waals surface area contributed by atoms with Crippen LogP contribution in [0.15, 0.2) is 12.1 Å². The van der Waals surface area contributed by atoms with Crippen LogP contribution in [0, 0.1) is 12.3 Å². The number of rotatable bonds is 1. The van der Waals surface area contributed by atoms with E-state index in [1.807, 2.05) is 0 Å². The SMILES string of the molecule is Cc1cc2c(cc1B1OC(C)(C)C(C)(C)O1)CC(C)(C)C2. The molecule has 0 aromatic heterocycles. The Balaban J connectivity index is 1.96. The highest BCUT2D eigenvalue weighted by molar-refractivity contribution is 6.62. The Hall–Kier alpha value is -0.795. The molecule has 0 bridgehead atoms. The molecule has 3 rings (SSSR count). The molecule has 0 amide bonds. The van der Waals surface area contributed by atoms with Crippen LogP contribution >= 0.6 is 0 Å². The highest BCUT2D eigenvalue weighted by Gasteiger charge is 2.52. The van der Waals surface area contributed by atoms with Crippen molar-refractivity contribution in [2.75, 3.05) is 0 Å². The van der Waals surface area contributed by atoms with Gasteiger partial charge in [-0.3, -0.25) is 0 Å². The fourth-order valence-corrected chi connectivity index (χ4v) is 3.48. The van der Waals surface area contributed by atoms with E-state index in [1.165, 1.54) is 28.6 Å². The zero-order valence-corrected chi connectivity index (χ0v) is 14.5. The smallest absolute Gasteiger partial charge is 0.399 e. The van der Waals surface area contributed by atoms with Gasteiger partial charge in [-0.05, 0) is 69.5 Å². The standard InChI is InChI=1S/C18H27BO2/c1-12-8-13-10-16(2,3)11-14(13)9-15(12)19-20-17(4,5)18(6,7)21-19/h8-9H,10-11H2,1-7H3. The number of fused-ring (bicyclic) bond motifs is 1. The Labute approximate surface area is 129 Å². The summed E-state index contributed by atoms with van der Waals surface area (Å²) in [6.07, 6.45) is 2.32. The minimum atomic E-state index is -0.275. The van der Waals surface area contributed by atoms with E-state index in [0.717, 1.165) is 6.42 Å². The third-order valence-corrected chi connectivity index (χ3v) is 5.43. The Morgan fingerprint density at radius 3 is 1.86 bits per heavy atom. The lowest BCUT2D eigenvalue weighted by Crippen LogP contribution is -2.41. The Bertz CT molecular complexity index is 571. The van der Waals surface area contributed by atoms with Gasteiger partial charge in [0, 0.05) is 0 Å². The highest BCUT2D eigenvalue weighted by Crippen LogP contribution is 2.39. The lowest BCUT2D eigenvalue weighted by Gasteiger charge is -2.32. The molecule has 0 saturated carbocycles. The van der Waals surface area contributed by atoms with Gasteiger partial charge in [-0.25, -0.2) is 0 Å². The summed E-state index contributed by atoms with van der Waals surface area (Å²) >= 11 is 0. The van der Waals surface area contributed by atoms with Crippen LogP contribution < -0.4 is 5.46 Å². The lowest BCUT2D eigenvalue weighted by atomic mass is 9.75. The van der Waals surface area contributed by atoms with E-state index in [0.29, 0.717) is 5.41 Å². The Morgan fingerprint density at radius 2 is 1.33 bits per heavy atom. The molecule has 0 N–H and O–H groups in total. The molecule has 1 aliphatic heterocycles. The molecule has 1 fully saturated rings. The maximum absolute atomic E-state index is 6.22. The molecular formula is C18H27BO2. The van der Waals surface area contributed by atoms with Crippen molar-refractivity contribution in [2.45, 2.75) is 72.5 Å². The molecule has 0 atom stereocenters. The third-order valence-electron chi connectivity index (χ3n) is 5.43. The number of benzene rings is 1. The summed E-state index contributed by atoms with van der Waals surface area (Å²) in [6.45, 7) is 15.3. The maximum atomic E-state index is 6.22. The quantitative estimate of drug-likeness (QED) is 0.736. The normalized spacial score (nSPS) is 25.2. The molecule has 1 heterocycles. The van der Waals surface area contributed by atoms with Crippen molar-refractivity contribution >= 4 is 12.6 Å². The van der Waals surface area contributed by atoms with E-state index in [2.05, 4.69) is 60.6 Å². The van der Waals surface area contributed by atoms with Crippen LogP contribution in [0.2, 0.25) is 0 Å².